The highest BCUT2D eigenvalue weighted by Gasteiger charge is 2.22. The van der Waals surface area contributed by atoms with Crippen molar-refractivity contribution in [2.75, 3.05) is 26.5 Å². The van der Waals surface area contributed by atoms with Gasteiger partial charge in [-0.15, -0.1) is 0 Å². The van der Waals surface area contributed by atoms with E-state index >= 15 is 0 Å². The first-order chi connectivity index (χ1) is 12.3. The van der Waals surface area contributed by atoms with E-state index in [9.17, 15) is 8.42 Å². The Morgan fingerprint density at radius 1 is 0.615 bits per heavy atom. The number of rotatable bonds is 19. The Morgan fingerprint density at radius 2 is 0.923 bits per heavy atom. The average molecular weight is 393 g/mol. The maximum atomic E-state index is 11.0. The van der Waals surface area contributed by atoms with E-state index in [0.717, 1.165) is 19.4 Å². The molecule has 0 aromatic heterocycles. The number of unbranched alkanes of at least 4 members (excludes halogenated alkanes) is 15. The van der Waals surface area contributed by atoms with Crippen LogP contribution >= 0.6 is 0 Å². The lowest BCUT2D eigenvalue weighted by Gasteiger charge is -2.27. The minimum absolute atomic E-state index is 0.189. The molecule has 0 aromatic rings. The fourth-order valence-electron chi connectivity index (χ4n) is 3.59. The molecule has 0 atom stereocenters. The zero-order valence-electron chi connectivity index (χ0n) is 17.8. The van der Waals surface area contributed by atoms with Gasteiger partial charge in [-0.25, -0.2) is 0 Å². The lowest BCUT2D eigenvalue weighted by Crippen LogP contribution is -2.44. The van der Waals surface area contributed by atoms with Crippen LogP contribution in [0.3, 0.4) is 0 Å². The van der Waals surface area contributed by atoms with Crippen molar-refractivity contribution in [2.24, 2.45) is 0 Å². The number of nitrogens with zero attached hydrogens (tertiary/aromatic N) is 1. The van der Waals surface area contributed by atoms with Gasteiger partial charge in [-0.1, -0.05) is 96.8 Å². The predicted octanol–water partition coefficient (Wildman–Crippen LogP) is 6.17. The molecule has 0 saturated heterocycles. The maximum Gasteiger partial charge on any atom is 0.316 e. The highest BCUT2D eigenvalue weighted by atomic mass is 32.2. The molecule has 0 fully saturated rings. The molecule has 5 heteroatoms. The van der Waals surface area contributed by atoms with Gasteiger partial charge in [0.2, 0.25) is 5.88 Å². The molecule has 158 valence electrons. The Kier molecular flexibility index (Phi) is 15.8. The van der Waals surface area contributed by atoms with Crippen LogP contribution < -0.4 is 0 Å². The van der Waals surface area contributed by atoms with Gasteiger partial charge in [0.25, 0.3) is 0 Å². The number of quaternary nitrogens is 1. The summed E-state index contributed by atoms with van der Waals surface area (Å²) >= 11 is 0. The van der Waals surface area contributed by atoms with Gasteiger partial charge in [0, 0.05) is 0 Å². The molecule has 0 radical (unpaired) electrons. The summed E-state index contributed by atoms with van der Waals surface area (Å²) in [4.78, 5) is 0. The molecule has 4 nitrogen and oxygen atoms in total. The minimum Gasteiger partial charge on any atom is -0.314 e. The van der Waals surface area contributed by atoms with Crippen molar-refractivity contribution in [1.82, 2.24) is 0 Å². The molecule has 0 bridgehead atoms. The van der Waals surface area contributed by atoms with Gasteiger partial charge in [0.05, 0.1) is 20.6 Å². The summed E-state index contributed by atoms with van der Waals surface area (Å²) in [6, 6.07) is 0. The van der Waals surface area contributed by atoms with Crippen molar-refractivity contribution in [2.45, 2.75) is 110 Å². The molecular weight excluding hydrogens is 346 g/mol. The molecule has 0 aliphatic carbocycles. The third kappa shape index (κ3) is 20.2. The fourth-order valence-corrected chi connectivity index (χ4v) is 4.61. The van der Waals surface area contributed by atoms with Crippen molar-refractivity contribution in [3.8, 4) is 0 Å². The van der Waals surface area contributed by atoms with Gasteiger partial charge in [-0.3, -0.25) is 4.55 Å². The highest BCUT2D eigenvalue weighted by Crippen LogP contribution is 2.14. The van der Waals surface area contributed by atoms with E-state index in [-0.39, 0.29) is 5.88 Å². The van der Waals surface area contributed by atoms with Gasteiger partial charge in [0.1, 0.15) is 0 Å². The van der Waals surface area contributed by atoms with E-state index in [0.29, 0.717) is 4.48 Å². The van der Waals surface area contributed by atoms with E-state index in [1.165, 1.54) is 89.9 Å². The quantitative estimate of drug-likeness (QED) is 0.162. The standard InChI is InChI=1S/C21H45NO3S/c1-4-5-6-7-8-9-10-11-12-13-14-15-16-17-18-19-20-22(2,3)21-26(23,24)25/h4-21H2,1-3H3/p+1. The number of hydrogen-bond donors (Lipinski definition) is 1. The van der Waals surface area contributed by atoms with Gasteiger partial charge < -0.3 is 4.48 Å². The first-order valence-electron chi connectivity index (χ1n) is 11.0. The summed E-state index contributed by atoms with van der Waals surface area (Å²) in [5.41, 5.74) is 0. The van der Waals surface area contributed by atoms with E-state index in [1.807, 2.05) is 14.1 Å². The van der Waals surface area contributed by atoms with Gasteiger partial charge >= 0.3 is 10.1 Å². The summed E-state index contributed by atoms with van der Waals surface area (Å²) < 4.78 is 31.2. The maximum absolute atomic E-state index is 11.0. The average Bonchev–Trinajstić information content (AvgIpc) is 2.52. The topological polar surface area (TPSA) is 54.4 Å². The Bertz CT molecular complexity index is 407. The molecule has 1 N–H and O–H groups in total. The van der Waals surface area contributed by atoms with Gasteiger partial charge in [0.15, 0.2) is 0 Å². The summed E-state index contributed by atoms with van der Waals surface area (Å²) in [6.07, 6.45) is 21.5. The molecular formula is C21H46NO3S+. The van der Waals surface area contributed by atoms with Crippen molar-refractivity contribution in [1.29, 1.82) is 0 Å². The molecule has 26 heavy (non-hydrogen) atoms. The normalized spacial score (nSPS) is 12.6. The van der Waals surface area contributed by atoms with Gasteiger partial charge in [-0.05, 0) is 12.8 Å². The van der Waals surface area contributed by atoms with Crippen molar-refractivity contribution < 1.29 is 17.5 Å². The summed E-state index contributed by atoms with van der Waals surface area (Å²) in [5, 5.41) is 0. The Labute approximate surface area is 164 Å². The molecule has 0 aliphatic rings. The Hall–Kier alpha value is -0.130. The van der Waals surface area contributed by atoms with E-state index < -0.39 is 10.1 Å². The third-order valence-electron chi connectivity index (χ3n) is 5.13. The van der Waals surface area contributed by atoms with E-state index in [4.69, 9.17) is 4.55 Å². The molecule has 0 amide bonds. The van der Waals surface area contributed by atoms with Gasteiger partial charge in [-0.2, -0.15) is 8.42 Å². The molecule has 0 heterocycles. The first kappa shape index (κ1) is 25.9. The lowest BCUT2D eigenvalue weighted by atomic mass is 10.0. The predicted molar refractivity (Wildman–Crippen MR) is 113 cm³/mol. The summed E-state index contributed by atoms with van der Waals surface area (Å²) in [5.74, 6) is -0.189. The fraction of sp³-hybridized carbons (Fsp3) is 1.00. The van der Waals surface area contributed by atoms with Crippen LogP contribution in [0, 0.1) is 0 Å². The van der Waals surface area contributed by atoms with Crippen LogP contribution in [0.2, 0.25) is 0 Å². The van der Waals surface area contributed by atoms with Crippen LogP contribution in [0.4, 0.5) is 0 Å². The van der Waals surface area contributed by atoms with Crippen LogP contribution in [0.15, 0.2) is 0 Å². The van der Waals surface area contributed by atoms with Crippen LogP contribution in [-0.4, -0.2) is 44.0 Å². The number of hydrogen-bond acceptors (Lipinski definition) is 2. The Balaban J connectivity index is 3.27. The SMILES string of the molecule is CCCCCCCCCCCCCCCCCC[N+](C)(C)CS(=O)(=O)O. The largest absolute Gasteiger partial charge is 0.316 e. The highest BCUT2D eigenvalue weighted by molar-refractivity contribution is 7.85. The van der Waals surface area contributed by atoms with Crippen molar-refractivity contribution in [3.05, 3.63) is 0 Å². The Morgan fingerprint density at radius 3 is 1.23 bits per heavy atom. The van der Waals surface area contributed by atoms with E-state index in [1.54, 1.807) is 0 Å². The minimum atomic E-state index is -3.88. The second-order valence-corrected chi connectivity index (χ2v) is 10.1. The molecule has 0 aromatic carbocycles. The molecule has 0 saturated carbocycles. The smallest absolute Gasteiger partial charge is 0.314 e. The third-order valence-corrected chi connectivity index (χ3v) is 6.15. The molecule has 0 spiro atoms. The van der Waals surface area contributed by atoms with Crippen LogP contribution in [0.1, 0.15) is 110 Å². The summed E-state index contributed by atoms with van der Waals surface area (Å²) in [6.45, 7) is 3.08. The monoisotopic (exact) mass is 392 g/mol. The van der Waals surface area contributed by atoms with Crippen molar-refractivity contribution >= 4 is 10.1 Å². The second kappa shape index (κ2) is 15.9. The van der Waals surface area contributed by atoms with Crippen LogP contribution in [-0.2, 0) is 10.1 Å². The zero-order chi connectivity index (χ0) is 19.7. The zero-order valence-corrected chi connectivity index (χ0v) is 18.7. The first-order valence-corrected chi connectivity index (χ1v) is 12.6. The van der Waals surface area contributed by atoms with Crippen molar-refractivity contribution in [3.63, 3.8) is 0 Å². The molecule has 0 rings (SSSR count). The lowest BCUT2D eigenvalue weighted by molar-refractivity contribution is -0.879. The molecule has 0 aliphatic heterocycles. The van der Waals surface area contributed by atoms with Crippen LogP contribution in [0.25, 0.3) is 0 Å². The summed E-state index contributed by atoms with van der Waals surface area (Å²) in [7, 11) is -0.161. The molecule has 0 unspecified atom stereocenters. The van der Waals surface area contributed by atoms with E-state index in [2.05, 4.69) is 6.92 Å². The van der Waals surface area contributed by atoms with Crippen LogP contribution in [0.5, 0.6) is 0 Å². The second-order valence-electron chi connectivity index (χ2n) is 8.67.